The second-order valence-electron chi connectivity index (χ2n) is 21.3. The van der Waals surface area contributed by atoms with Crippen LogP contribution in [0.15, 0.2) is 0 Å². The molecular formula is C62H120O6. The quantitative estimate of drug-likeness (QED) is 0.0343. The van der Waals surface area contributed by atoms with Gasteiger partial charge in [-0.2, -0.15) is 0 Å². The molecule has 0 aliphatic heterocycles. The second-order valence-corrected chi connectivity index (χ2v) is 21.3. The van der Waals surface area contributed by atoms with Crippen molar-refractivity contribution in [3.05, 3.63) is 0 Å². The largest absolute Gasteiger partial charge is 0.462 e. The fourth-order valence-electron chi connectivity index (χ4n) is 9.68. The molecule has 0 radical (unpaired) electrons. The zero-order chi connectivity index (χ0) is 49.3. The SMILES string of the molecule is CCCCCCCCCCCCCCCCCCCCCC(=O)O[C@H](COC(=O)CCCCCCCCCCCCCCC)COC(=O)CCCCCCCCCCCCCCCCCCCC. The molecule has 0 aromatic carbocycles. The van der Waals surface area contributed by atoms with Crippen LogP contribution in [-0.4, -0.2) is 37.2 Å². The molecule has 6 nitrogen and oxygen atoms in total. The molecule has 0 saturated heterocycles. The molecule has 0 aliphatic rings. The molecular weight excluding hydrogens is 841 g/mol. The Kier molecular flexibility index (Phi) is 56.6. The van der Waals surface area contributed by atoms with Crippen molar-refractivity contribution in [1.82, 2.24) is 0 Å². The van der Waals surface area contributed by atoms with E-state index in [1.807, 2.05) is 0 Å². The van der Waals surface area contributed by atoms with Gasteiger partial charge in [0.05, 0.1) is 0 Å². The predicted octanol–water partition coefficient (Wildman–Crippen LogP) is 20.7. The van der Waals surface area contributed by atoms with Crippen LogP contribution < -0.4 is 0 Å². The Labute approximate surface area is 425 Å². The second kappa shape index (κ2) is 58.0. The normalized spacial score (nSPS) is 11.9. The van der Waals surface area contributed by atoms with Gasteiger partial charge in [-0.15, -0.1) is 0 Å². The number of esters is 3. The lowest BCUT2D eigenvalue weighted by Gasteiger charge is -2.18. The van der Waals surface area contributed by atoms with E-state index in [1.54, 1.807) is 0 Å². The third-order valence-electron chi connectivity index (χ3n) is 14.4. The molecule has 6 heteroatoms. The molecule has 68 heavy (non-hydrogen) atoms. The molecule has 0 fully saturated rings. The first-order valence-corrected chi connectivity index (χ1v) is 31.0. The molecule has 0 N–H and O–H groups in total. The Bertz CT molecular complexity index is 1010. The van der Waals surface area contributed by atoms with E-state index >= 15 is 0 Å². The first-order chi connectivity index (χ1) is 33.5. The van der Waals surface area contributed by atoms with Crippen molar-refractivity contribution in [3.63, 3.8) is 0 Å². The Hall–Kier alpha value is -1.59. The summed E-state index contributed by atoms with van der Waals surface area (Å²) >= 11 is 0. The summed E-state index contributed by atoms with van der Waals surface area (Å²) in [6, 6.07) is 0. The smallest absolute Gasteiger partial charge is 0.306 e. The fourth-order valence-corrected chi connectivity index (χ4v) is 9.68. The molecule has 0 rings (SSSR count). The maximum atomic E-state index is 12.9. The van der Waals surface area contributed by atoms with Crippen LogP contribution in [0.4, 0.5) is 0 Å². The number of hydrogen-bond donors (Lipinski definition) is 0. The minimum atomic E-state index is -0.761. The fraction of sp³-hybridized carbons (Fsp3) is 0.952. The maximum Gasteiger partial charge on any atom is 0.306 e. The Morgan fingerprint density at radius 2 is 0.397 bits per heavy atom. The summed E-state index contributed by atoms with van der Waals surface area (Å²) in [5.74, 6) is -0.827. The van der Waals surface area contributed by atoms with Crippen molar-refractivity contribution in [2.45, 2.75) is 367 Å². The van der Waals surface area contributed by atoms with Gasteiger partial charge in [0.2, 0.25) is 0 Å². The first kappa shape index (κ1) is 66.4. The van der Waals surface area contributed by atoms with E-state index in [-0.39, 0.29) is 31.1 Å². The van der Waals surface area contributed by atoms with E-state index in [2.05, 4.69) is 20.8 Å². The van der Waals surface area contributed by atoms with Crippen molar-refractivity contribution in [2.24, 2.45) is 0 Å². The van der Waals surface area contributed by atoms with Crippen molar-refractivity contribution in [3.8, 4) is 0 Å². The molecule has 0 bridgehead atoms. The molecule has 0 spiro atoms. The maximum absolute atomic E-state index is 12.9. The number of unbranched alkanes of at least 4 members (excludes halogenated alkanes) is 47. The standard InChI is InChI=1S/C62H120O6/c1-4-7-10-13-16-19-22-25-27-29-31-33-35-38-41-44-47-50-53-56-62(65)68-59(57-66-60(63)54-51-48-45-42-39-36-24-21-18-15-12-9-6-3)58-67-61(64)55-52-49-46-43-40-37-34-32-30-28-26-23-20-17-14-11-8-5-2/h59H,4-58H2,1-3H3/t59-/m1/s1. The third kappa shape index (κ3) is 55.3. The van der Waals surface area contributed by atoms with Gasteiger partial charge >= 0.3 is 17.9 Å². The van der Waals surface area contributed by atoms with Gasteiger partial charge in [-0.05, 0) is 19.3 Å². The first-order valence-electron chi connectivity index (χ1n) is 31.0. The van der Waals surface area contributed by atoms with Gasteiger partial charge in [0.15, 0.2) is 6.10 Å². The summed E-state index contributed by atoms with van der Waals surface area (Å²) in [6.07, 6.45) is 65.3. The Morgan fingerprint density at radius 1 is 0.235 bits per heavy atom. The van der Waals surface area contributed by atoms with Crippen LogP contribution in [0.2, 0.25) is 0 Å². The van der Waals surface area contributed by atoms with E-state index in [1.165, 1.54) is 263 Å². The number of ether oxygens (including phenoxy) is 3. The van der Waals surface area contributed by atoms with Gasteiger partial charge in [0.25, 0.3) is 0 Å². The van der Waals surface area contributed by atoms with Gasteiger partial charge < -0.3 is 14.2 Å². The monoisotopic (exact) mass is 961 g/mol. The number of rotatable bonds is 58. The average molecular weight is 962 g/mol. The van der Waals surface area contributed by atoms with Gasteiger partial charge in [-0.3, -0.25) is 14.4 Å². The van der Waals surface area contributed by atoms with Crippen LogP contribution in [0, 0.1) is 0 Å². The molecule has 0 heterocycles. The van der Waals surface area contributed by atoms with Crippen molar-refractivity contribution < 1.29 is 28.6 Å². The molecule has 0 aliphatic carbocycles. The molecule has 0 aromatic heterocycles. The summed E-state index contributed by atoms with van der Waals surface area (Å²) in [4.78, 5) is 38.2. The van der Waals surface area contributed by atoms with E-state index in [9.17, 15) is 14.4 Å². The van der Waals surface area contributed by atoms with Crippen LogP contribution in [0.5, 0.6) is 0 Å². The van der Waals surface area contributed by atoms with Gasteiger partial charge in [0.1, 0.15) is 13.2 Å². The number of hydrogen-bond acceptors (Lipinski definition) is 6. The predicted molar refractivity (Wildman–Crippen MR) is 294 cm³/mol. The number of carbonyl (C=O) groups excluding carboxylic acids is 3. The van der Waals surface area contributed by atoms with E-state index in [0.29, 0.717) is 19.3 Å². The topological polar surface area (TPSA) is 78.9 Å². The van der Waals surface area contributed by atoms with E-state index in [4.69, 9.17) is 14.2 Å². The average Bonchev–Trinajstić information content (AvgIpc) is 3.34. The molecule has 0 saturated carbocycles. The summed E-state index contributed by atoms with van der Waals surface area (Å²) in [5.41, 5.74) is 0. The minimum absolute atomic E-state index is 0.0607. The lowest BCUT2D eigenvalue weighted by Crippen LogP contribution is -2.30. The zero-order valence-electron chi connectivity index (χ0n) is 46.4. The molecule has 0 amide bonds. The highest BCUT2D eigenvalue weighted by Gasteiger charge is 2.19. The molecule has 0 aromatic rings. The summed E-state index contributed by atoms with van der Waals surface area (Å²) in [5, 5.41) is 0. The van der Waals surface area contributed by atoms with Crippen LogP contribution >= 0.6 is 0 Å². The highest BCUT2D eigenvalue weighted by molar-refractivity contribution is 5.71. The van der Waals surface area contributed by atoms with Crippen LogP contribution in [-0.2, 0) is 28.6 Å². The van der Waals surface area contributed by atoms with E-state index < -0.39 is 6.10 Å². The number of carbonyl (C=O) groups is 3. The van der Waals surface area contributed by atoms with Crippen molar-refractivity contribution in [1.29, 1.82) is 0 Å². The molecule has 0 unspecified atom stereocenters. The highest BCUT2D eigenvalue weighted by Crippen LogP contribution is 2.18. The highest BCUT2D eigenvalue weighted by atomic mass is 16.6. The summed E-state index contributed by atoms with van der Waals surface area (Å²) < 4.78 is 16.9. The Balaban J connectivity index is 4.26. The Morgan fingerprint density at radius 3 is 0.588 bits per heavy atom. The third-order valence-corrected chi connectivity index (χ3v) is 14.4. The summed E-state index contributed by atoms with van der Waals surface area (Å²) in [7, 11) is 0. The van der Waals surface area contributed by atoms with Crippen LogP contribution in [0.3, 0.4) is 0 Å². The lowest BCUT2D eigenvalue weighted by atomic mass is 10.0. The summed E-state index contributed by atoms with van der Waals surface area (Å²) in [6.45, 7) is 6.72. The van der Waals surface area contributed by atoms with Gasteiger partial charge in [-0.1, -0.05) is 323 Å². The molecule has 404 valence electrons. The van der Waals surface area contributed by atoms with Gasteiger partial charge in [0, 0.05) is 19.3 Å². The van der Waals surface area contributed by atoms with E-state index in [0.717, 1.165) is 57.8 Å². The van der Waals surface area contributed by atoms with Crippen LogP contribution in [0.1, 0.15) is 361 Å². The zero-order valence-corrected chi connectivity index (χ0v) is 46.4. The minimum Gasteiger partial charge on any atom is -0.462 e. The van der Waals surface area contributed by atoms with Crippen molar-refractivity contribution in [2.75, 3.05) is 13.2 Å². The molecule has 1 atom stereocenters. The van der Waals surface area contributed by atoms with Crippen molar-refractivity contribution >= 4 is 17.9 Å². The van der Waals surface area contributed by atoms with Gasteiger partial charge in [-0.25, -0.2) is 0 Å². The van der Waals surface area contributed by atoms with Crippen LogP contribution in [0.25, 0.3) is 0 Å². The lowest BCUT2D eigenvalue weighted by molar-refractivity contribution is -0.167.